The summed E-state index contributed by atoms with van der Waals surface area (Å²) in [6, 6.07) is 0.336. The van der Waals surface area contributed by atoms with Gasteiger partial charge >= 0.3 is 11.7 Å². The number of aromatic nitrogens is 2. The Balaban J connectivity index is 1.04. The highest BCUT2D eigenvalue weighted by Gasteiger charge is 2.43. The number of amides is 4. The molecule has 4 rings (SSSR count). The van der Waals surface area contributed by atoms with Crippen LogP contribution in [-0.4, -0.2) is 92.1 Å². The van der Waals surface area contributed by atoms with Gasteiger partial charge in [0.25, 0.3) is 5.56 Å². The third kappa shape index (κ3) is 8.94. The molecule has 0 aromatic carbocycles. The van der Waals surface area contributed by atoms with Crippen LogP contribution in [0, 0.1) is 0 Å². The van der Waals surface area contributed by atoms with Gasteiger partial charge in [-0.05, 0) is 32.6 Å². The number of fused-ring (bicyclic) bond motifs is 1. The smallest absolute Gasteiger partial charge is 0.330 e. The van der Waals surface area contributed by atoms with Gasteiger partial charge in [-0.25, -0.2) is 9.59 Å². The van der Waals surface area contributed by atoms with Crippen molar-refractivity contribution in [3.63, 3.8) is 0 Å². The molecular weight excluding hydrogens is 580 g/mol. The molecule has 0 radical (unpaired) electrons. The van der Waals surface area contributed by atoms with Crippen LogP contribution in [0.3, 0.4) is 0 Å². The van der Waals surface area contributed by atoms with E-state index in [4.69, 9.17) is 4.74 Å². The van der Waals surface area contributed by atoms with Crippen LogP contribution in [0.25, 0.3) is 6.08 Å². The molecule has 1 aromatic rings. The fourth-order valence-corrected chi connectivity index (χ4v) is 7.03. The summed E-state index contributed by atoms with van der Waals surface area (Å²) in [5.41, 5.74) is -1.27. The number of aliphatic hydroxyl groups excluding tert-OH is 2. The average molecular weight is 623 g/mol. The van der Waals surface area contributed by atoms with Crippen molar-refractivity contribution in [2.75, 3.05) is 18.8 Å². The van der Waals surface area contributed by atoms with E-state index in [0.29, 0.717) is 31.1 Å². The van der Waals surface area contributed by atoms with Crippen LogP contribution in [0.5, 0.6) is 0 Å². The molecule has 238 valence electrons. The zero-order chi connectivity index (χ0) is 30.9. The van der Waals surface area contributed by atoms with Gasteiger partial charge in [-0.15, -0.1) is 0 Å². The van der Waals surface area contributed by atoms with Crippen LogP contribution < -0.4 is 32.5 Å². The number of nitrogens with zero attached hydrogens (tertiary/aromatic N) is 1. The number of aliphatic hydroxyl groups is 2. The maximum Gasteiger partial charge on any atom is 0.330 e. The first-order chi connectivity index (χ1) is 20.6. The predicted octanol–water partition coefficient (Wildman–Crippen LogP) is -0.292. The summed E-state index contributed by atoms with van der Waals surface area (Å²) in [5, 5.41) is 32.1. The molecule has 14 nitrogen and oxygen atoms in total. The number of unbranched alkanes of at least 4 members (excludes halogenated alkanes) is 3. The zero-order valence-electron chi connectivity index (χ0n) is 24.3. The lowest BCUT2D eigenvalue weighted by Gasteiger charge is -2.17. The highest BCUT2D eigenvalue weighted by Crippen LogP contribution is 2.33. The van der Waals surface area contributed by atoms with Gasteiger partial charge in [-0.2, -0.15) is 11.8 Å². The number of urea groups is 1. The molecule has 3 aliphatic rings. The molecule has 3 fully saturated rings. The third-order valence-electron chi connectivity index (χ3n) is 7.94. The first-order valence-corrected chi connectivity index (χ1v) is 15.9. The predicted molar refractivity (Wildman–Crippen MR) is 160 cm³/mol. The summed E-state index contributed by atoms with van der Waals surface area (Å²) in [6.07, 6.45) is 5.78. The SMILES string of the molecule is CC1OC(n2cc(/C=C/CNC(=O)CCCCCNC(=O)CCCCC3SCC4NC(=O)NC43)c(=O)[nH]c2=O)C(O)C1O. The highest BCUT2D eigenvalue weighted by atomic mass is 32.2. The summed E-state index contributed by atoms with van der Waals surface area (Å²) >= 11 is 1.88. The van der Waals surface area contributed by atoms with Crippen molar-refractivity contribution in [1.82, 2.24) is 30.8 Å². The Kier molecular flexibility index (Phi) is 11.8. The van der Waals surface area contributed by atoms with Crippen LogP contribution >= 0.6 is 11.8 Å². The summed E-state index contributed by atoms with van der Waals surface area (Å²) in [6.45, 7) is 2.32. The number of thioether (sulfide) groups is 1. The van der Waals surface area contributed by atoms with Crippen molar-refractivity contribution in [3.8, 4) is 0 Å². The summed E-state index contributed by atoms with van der Waals surface area (Å²) in [5.74, 6) is 0.828. The minimum absolute atomic E-state index is 0.0330. The van der Waals surface area contributed by atoms with Crippen LogP contribution in [0.1, 0.15) is 70.1 Å². The Morgan fingerprint density at radius 3 is 2.53 bits per heavy atom. The van der Waals surface area contributed by atoms with Crippen LogP contribution in [0.4, 0.5) is 4.79 Å². The number of carbonyl (C=O) groups is 3. The first-order valence-electron chi connectivity index (χ1n) is 14.9. The van der Waals surface area contributed by atoms with E-state index in [2.05, 4.69) is 26.3 Å². The van der Waals surface area contributed by atoms with Gasteiger partial charge < -0.3 is 36.2 Å². The molecule has 1 aromatic heterocycles. The molecule has 3 aliphatic heterocycles. The van der Waals surface area contributed by atoms with Crippen molar-refractivity contribution in [3.05, 3.63) is 38.7 Å². The van der Waals surface area contributed by atoms with Gasteiger partial charge in [0.05, 0.1) is 23.8 Å². The Bertz CT molecular complexity index is 1280. The van der Waals surface area contributed by atoms with E-state index in [1.807, 2.05) is 11.8 Å². The largest absolute Gasteiger partial charge is 0.388 e. The molecule has 7 unspecified atom stereocenters. The molecule has 7 N–H and O–H groups in total. The van der Waals surface area contributed by atoms with Crippen molar-refractivity contribution < 1.29 is 29.3 Å². The fourth-order valence-electron chi connectivity index (χ4n) is 5.49. The minimum Gasteiger partial charge on any atom is -0.388 e. The number of ether oxygens (including phenoxy) is 1. The van der Waals surface area contributed by atoms with Crippen LogP contribution in [-0.2, 0) is 14.3 Å². The number of H-pyrrole nitrogens is 1. The number of rotatable bonds is 15. The molecular formula is C28H42N6O8S. The summed E-state index contributed by atoms with van der Waals surface area (Å²) in [4.78, 5) is 62.2. The summed E-state index contributed by atoms with van der Waals surface area (Å²) in [7, 11) is 0. The molecule has 3 saturated heterocycles. The Morgan fingerprint density at radius 2 is 1.79 bits per heavy atom. The van der Waals surface area contributed by atoms with Gasteiger partial charge in [0.2, 0.25) is 11.8 Å². The lowest BCUT2D eigenvalue weighted by molar-refractivity contribution is -0.122. The standard InChI is InChI=1S/C28H42N6O8S/c1-16-23(37)24(38)26(42-16)34-14-17(25(39)33-28(34)41)8-7-13-30-20(35)10-3-2-6-12-29-21(36)11-5-4-9-19-22-18(15-43-19)31-27(40)32-22/h7-8,14,16,18-19,22-24,26,37-38H,2-6,9-13,15H2,1H3,(H,29,36)(H,30,35)(H2,31,32,40)(H,33,39,41)/b8-7+. The van der Waals surface area contributed by atoms with Crippen LogP contribution in [0.2, 0.25) is 0 Å². The maximum atomic E-state index is 12.2. The van der Waals surface area contributed by atoms with E-state index in [-0.39, 0.29) is 42.0 Å². The number of aromatic amines is 1. The van der Waals surface area contributed by atoms with Crippen LogP contribution in [0.15, 0.2) is 21.9 Å². The molecule has 7 atom stereocenters. The van der Waals surface area contributed by atoms with E-state index < -0.39 is 35.8 Å². The quantitative estimate of drug-likeness (QED) is 0.101. The van der Waals surface area contributed by atoms with Gasteiger partial charge in [-0.3, -0.25) is 23.9 Å². The highest BCUT2D eigenvalue weighted by molar-refractivity contribution is 8.00. The molecule has 0 bridgehead atoms. The van der Waals surface area contributed by atoms with E-state index in [1.54, 1.807) is 13.0 Å². The molecule has 0 saturated carbocycles. The average Bonchev–Trinajstić information content (AvgIpc) is 3.60. The van der Waals surface area contributed by atoms with E-state index in [9.17, 15) is 34.2 Å². The lowest BCUT2D eigenvalue weighted by Crippen LogP contribution is -2.38. The Hall–Kier alpha value is -3.14. The second kappa shape index (κ2) is 15.5. The zero-order valence-corrected chi connectivity index (χ0v) is 25.1. The van der Waals surface area contributed by atoms with Gasteiger partial charge in [0.1, 0.15) is 12.2 Å². The molecule has 0 aliphatic carbocycles. The first kappa shape index (κ1) is 32.8. The fraction of sp³-hybridized carbons (Fsp3) is 0.679. The van der Waals surface area contributed by atoms with Crippen molar-refractivity contribution >= 4 is 35.7 Å². The normalized spacial score (nSPS) is 28.1. The minimum atomic E-state index is -1.33. The maximum absolute atomic E-state index is 12.2. The van der Waals surface area contributed by atoms with Gasteiger partial charge in [0, 0.05) is 43.1 Å². The number of nitrogens with one attached hydrogen (secondary N) is 5. The topological polar surface area (TPSA) is 204 Å². The third-order valence-corrected chi connectivity index (χ3v) is 9.45. The number of hydrogen-bond donors (Lipinski definition) is 7. The van der Waals surface area contributed by atoms with Gasteiger partial charge in [0.15, 0.2) is 6.23 Å². The van der Waals surface area contributed by atoms with E-state index in [0.717, 1.165) is 42.4 Å². The lowest BCUT2D eigenvalue weighted by atomic mass is 10.0. The second-order valence-corrected chi connectivity index (χ2v) is 12.5. The van der Waals surface area contributed by atoms with Crippen molar-refractivity contribution in [1.29, 1.82) is 0 Å². The molecule has 4 amide bonds. The monoisotopic (exact) mass is 622 g/mol. The number of hydrogen-bond acceptors (Lipinski definition) is 9. The van der Waals surface area contributed by atoms with Gasteiger partial charge in [-0.1, -0.05) is 25.0 Å². The number of carbonyl (C=O) groups excluding carboxylic acids is 3. The van der Waals surface area contributed by atoms with Crippen molar-refractivity contribution in [2.24, 2.45) is 0 Å². The molecule has 0 spiro atoms. The van der Waals surface area contributed by atoms with E-state index in [1.165, 1.54) is 12.3 Å². The molecule has 43 heavy (non-hydrogen) atoms. The molecule has 15 heteroatoms. The van der Waals surface area contributed by atoms with Crippen molar-refractivity contribution in [2.45, 2.75) is 100 Å². The second-order valence-electron chi connectivity index (χ2n) is 11.2. The summed E-state index contributed by atoms with van der Waals surface area (Å²) < 4.78 is 6.48. The van der Waals surface area contributed by atoms with E-state index >= 15 is 0 Å². The Morgan fingerprint density at radius 1 is 1.05 bits per heavy atom. The Labute approximate surface area is 253 Å². The molecule has 4 heterocycles.